The van der Waals surface area contributed by atoms with E-state index in [1.807, 2.05) is 24.3 Å². The summed E-state index contributed by atoms with van der Waals surface area (Å²) in [5.41, 5.74) is 11.7. The standard InChI is InChI=1S/C25H29N5O2/c1-29-11-12-30(14-19(29)15-31)24-22-9-7-18-13-20(32-16-17-5-3-2-4-6-17)8-10-21(18)23(22)27-25(26)28-24/h2-6,8,10,13,19,31H,7,9,11-12,14-16H2,1H3,(H2,26,27,28). The maximum Gasteiger partial charge on any atom is 0.222 e. The van der Waals surface area contributed by atoms with E-state index < -0.39 is 0 Å². The maximum absolute atomic E-state index is 9.75. The summed E-state index contributed by atoms with van der Waals surface area (Å²) in [7, 11) is 2.05. The number of anilines is 2. The zero-order valence-corrected chi connectivity index (χ0v) is 18.4. The van der Waals surface area contributed by atoms with Gasteiger partial charge in [0.05, 0.1) is 18.3 Å². The lowest BCUT2D eigenvalue weighted by atomic mass is 9.88. The summed E-state index contributed by atoms with van der Waals surface area (Å²) in [6.07, 6.45) is 1.76. The van der Waals surface area contributed by atoms with Crippen LogP contribution in [0.4, 0.5) is 11.8 Å². The lowest BCUT2D eigenvalue weighted by Gasteiger charge is -2.40. The van der Waals surface area contributed by atoms with Gasteiger partial charge in [0.15, 0.2) is 0 Å². The molecule has 0 saturated carbocycles. The van der Waals surface area contributed by atoms with Crippen molar-refractivity contribution in [2.45, 2.75) is 25.5 Å². The number of rotatable bonds is 5. The molecule has 7 nitrogen and oxygen atoms in total. The van der Waals surface area contributed by atoms with Gasteiger partial charge in [-0.25, -0.2) is 4.98 Å². The molecule has 2 aliphatic rings. The number of nitrogens with zero attached hydrogens (tertiary/aromatic N) is 4. The van der Waals surface area contributed by atoms with Crippen LogP contribution in [0.5, 0.6) is 5.75 Å². The van der Waals surface area contributed by atoms with Crippen molar-refractivity contribution >= 4 is 11.8 Å². The highest BCUT2D eigenvalue weighted by Gasteiger charge is 2.29. The zero-order valence-electron chi connectivity index (χ0n) is 18.4. The highest BCUT2D eigenvalue weighted by Crippen LogP contribution is 2.38. The smallest absolute Gasteiger partial charge is 0.222 e. The van der Waals surface area contributed by atoms with E-state index in [0.717, 1.165) is 66.4 Å². The van der Waals surface area contributed by atoms with Gasteiger partial charge in [-0.3, -0.25) is 4.90 Å². The van der Waals surface area contributed by atoms with E-state index in [9.17, 15) is 5.11 Å². The van der Waals surface area contributed by atoms with Gasteiger partial charge in [-0.1, -0.05) is 30.3 Å². The first kappa shape index (κ1) is 20.7. The van der Waals surface area contributed by atoms with E-state index in [2.05, 4.69) is 51.1 Å². The van der Waals surface area contributed by atoms with Crippen molar-refractivity contribution in [1.82, 2.24) is 14.9 Å². The quantitative estimate of drug-likeness (QED) is 0.642. The number of piperazine rings is 1. The van der Waals surface area contributed by atoms with Crippen LogP contribution in [0.1, 0.15) is 16.7 Å². The Balaban J connectivity index is 1.42. The second kappa shape index (κ2) is 8.76. The predicted octanol–water partition coefficient (Wildman–Crippen LogP) is 2.52. The SMILES string of the molecule is CN1CCN(c2nc(N)nc3c2CCc2cc(OCc4ccccc4)ccc2-3)CC1CO. The van der Waals surface area contributed by atoms with Crippen molar-refractivity contribution in [3.63, 3.8) is 0 Å². The predicted molar refractivity (Wildman–Crippen MR) is 126 cm³/mol. The number of fused-ring (bicyclic) bond motifs is 3. The first-order chi connectivity index (χ1) is 15.6. The number of benzene rings is 2. The van der Waals surface area contributed by atoms with E-state index in [1.165, 1.54) is 5.56 Å². The van der Waals surface area contributed by atoms with E-state index in [1.54, 1.807) is 0 Å². The molecule has 1 unspecified atom stereocenters. The summed E-state index contributed by atoms with van der Waals surface area (Å²) in [6.45, 7) is 3.14. The number of aliphatic hydroxyl groups excluding tert-OH is 1. The fraction of sp³-hybridized carbons (Fsp3) is 0.360. The number of nitrogens with two attached hydrogens (primary N) is 1. The summed E-state index contributed by atoms with van der Waals surface area (Å²) in [6, 6.07) is 16.5. The van der Waals surface area contributed by atoms with Crippen LogP contribution in [0, 0.1) is 0 Å². The third-order valence-corrected chi connectivity index (χ3v) is 6.51. The van der Waals surface area contributed by atoms with Crippen molar-refractivity contribution in [2.24, 2.45) is 0 Å². The molecule has 5 rings (SSSR count). The average Bonchev–Trinajstić information content (AvgIpc) is 2.83. The van der Waals surface area contributed by atoms with Crippen LogP contribution in [0.3, 0.4) is 0 Å². The largest absolute Gasteiger partial charge is 0.489 e. The summed E-state index contributed by atoms with van der Waals surface area (Å²) >= 11 is 0. The van der Waals surface area contributed by atoms with Crippen LogP contribution in [0.15, 0.2) is 48.5 Å². The minimum absolute atomic E-state index is 0.0933. The van der Waals surface area contributed by atoms with Crippen molar-refractivity contribution in [2.75, 3.05) is 43.9 Å². The molecule has 0 radical (unpaired) electrons. The van der Waals surface area contributed by atoms with Gasteiger partial charge < -0.3 is 20.5 Å². The monoisotopic (exact) mass is 431 g/mol. The third-order valence-electron chi connectivity index (χ3n) is 6.51. The normalized spacial score (nSPS) is 18.2. The van der Waals surface area contributed by atoms with Gasteiger partial charge in [-0.2, -0.15) is 4.98 Å². The summed E-state index contributed by atoms with van der Waals surface area (Å²) < 4.78 is 6.03. The maximum atomic E-state index is 9.75. The molecular formula is C25H29N5O2. The summed E-state index contributed by atoms with van der Waals surface area (Å²) in [5, 5.41) is 9.75. The molecule has 1 fully saturated rings. The first-order valence-corrected chi connectivity index (χ1v) is 11.1. The molecular weight excluding hydrogens is 402 g/mol. The van der Waals surface area contributed by atoms with Crippen LogP contribution < -0.4 is 15.4 Å². The second-order valence-electron chi connectivity index (χ2n) is 8.59. The lowest BCUT2D eigenvalue weighted by Crippen LogP contribution is -2.53. The molecule has 3 aromatic rings. The third kappa shape index (κ3) is 4.01. The van der Waals surface area contributed by atoms with Crippen molar-refractivity contribution in [3.8, 4) is 17.0 Å². The topological polar surface area (TPSA) is 87.7 Å². The van der Waals surface area contributed by atoms with Crippen LogP contribution in [0.2, 0.25) is 0 Å². The average molecular weight is 432 g/mol. The molecule has 3 N–H and O–H groups in total. The second-order valence-corrected chi connectivity index (χ2v) is 8.59. The van der Waals surface area contributed by atoms with Crippen molar-refractivity contribution < 1.29 is 9.84 Å². The summed E-state index contributed by atoms with van der Waals surface area (Å²) in [5.74, 6) is 2.06. The van der Waals surface area contributed by atoms with E-state index in [0.29, 0.717) is 6.61 Å². The van der Waals surface area contributed by atoms with Crippen molar-refractivity contribution in [3.05, 3.63) is 65.2 Å². The number of aryl methyl sites for hydroxylation is 1. The van der Waals surface area contributed by atoms with Gasteiger partial charge in [0.25, 0.3) is 0 Å². The number of hydrogen-bond acceptors (Lipinski definition) is 7. The van der Waals surface area contributed by atoms with Gasteiger partial charge in [-0.05, 0) is 49.2 Å². The molecule has 32 heavy (non-hydrogen) atoms. The number of likely N-dealkylation sites (N-methyl/N-ethyl adjacent to an activating group) is 1. The molecule has 166 valence electrons. The van der Waals surface area contributed by atoms with E-state index >= 15 is 0 Å². The van der Waals surface area contributed by atoms with Crippen LogP contribution >= 0.6 is 0 Å². The fourth-order valence-electron chi connectivity index (χ4n) is 4.64. The van der Waals surface area contributed by atoms with Crippen molar-refractivity contribution in [1.29, 1.82) is 0 Å². The molecule has 0 spiro atoms. The minimum atomic E-state index is 0.0933. The molecule has 0 amide bonds. The first-order valence-electron chi connectivity index (χ1n) is 11.1. The molecule has 2 heterocycles. The number of nitrogen functional groups attached to an aromatic ring is 1. The van der Waals surface area contributed by atoms with Gasteiger partial charge in [0.1, 0.15) is 18.2 Å². The van der Waals surface area contributed by atoms with E-state index in [-0.39, 0.29) is 18.6 Å². The Kier molecular flexibility index (Phi) is 5.68. The molecule has 0 bridgehead atoms. The number of ether oxygens (including phenoxy) is 1. The minimum Gasteiger partial charge on any atom is -0.489 e. The Morgan fingerprint density at radius 3 is 2.75 bits per heavy atom. The Labute approximate surface area is 188 Å². The van der Waals surface area contributed by atoms with Crippen LogP contribution in [-0.4, -0.2) is 59.3 Å². The zero-order chi connectivity index (χ0) is 22.1. The highest BCUT2D eigenvalue weighted by molar-refractivity contribution is 5.76. The Bertz CT molecular complexity index is 1100. The Morgan fingerprint density at radius 2 is 1.94 bits per heavy atom. The molecule has 1 atom stereocenters. The number of hydrogen-bond donors (Lipinski definition) is 2. The lowest BCUT2D eigenvalue weighted by molar-refractivity contribution is 0.135. The Morgan fingerprint density at radius 1 is 1.09 bits per heavy atom. The van der Waals surface area contributed by atoms with Gasteiger partial charge in [-0.15, -0.1) is 0 Å². The molecule has 1 saturated heterocycles. The molecule has 2 aromatic carbocycles. The molecule has 1 aliphatic heterocycles. The Hall–Kier alpha value is -3.16. The van der Waals surface area contributed by atoms with Gasteiger partial charge in [0.2, 0.25) is 5.95 Å². The molecule has 1 aliphatic carbocycles. The molecule has 7 heteroatoms. The van der Waals surface area contributed by atoms with Gasteiger partial charge in [0, 0.05) is 30.8 Å². The number of aliphatic hydroxyl groups is 1. The van der Waals surface area contributed by atoms with Gasteiger partial charge >= 0.3 is 0 Å². The van der Waals surface area contributed by atoms with Crippen LogP contribution in [-0.2, 0) is 19.4 Å². The fourth-order valence-corrected chi connectivity index (χ4v) is 4.64. The van der Waals surface area contributed by atoms with Crippen LogP contribution in [0.25, 0.3) is 11.3 Å². The summed E-state index contributed by atoms with van der Waals surface area (Å²) in [4.78, 5) is 13.7. The van der Waals surface area contributed by atoms with E-state index in [4.69, 9.17) is 10.5 Å². The molecule has 1 aromatic heterocycles. The highest BCUT2D eigenvalue weighted by atomic mass is 16.5. The number of aromatic nitrogens is 2.